The van der Waals surface area contributed by atoms with Crippen LogP contribution in [-0.2, 0) is 10.1 Å². The van der Waals surface area contributed by atoms with Crippen molar-refractivity contribution in [1.29, 1.82) is 0 Å². The van der Waals surface area contributed by atoms with Crippen LogP contribution in [0.3, 0.4) is 0 Å². The summed E-state index contributed by atoms with van der Waals surface area (Å²) in [6.07, 6.45) is 0.250. The van der Waals surface area contributed by atoms with Crippen LogP contribution in [0.5, 0.6) is 11.5 Å². The van der Waals surface area contributed by atoms with Gasteiger partial charge in [-0.25, -0.2) is 0 Å². The maximum Gasteiger partial charge on any atom is 0.286 e. The first-order valence-corrected chi connectivity index (χ1v) is 8.97. The number of benzene rings is 2. The molecule has 6 heteroatoms. The van der Waals surface area contributed by atoms with E-state index in [2.05, 4.69) is 0 Å². The Morgan fingerprint density at radius 3 is 2.57 bits per heavy atom. The maximum atomic E-state index is 12.0. The molecular weight excluding hydrogens is 314 g/mol. The summed E-state index contributed by atoms with van der Waals surface area (Å²) < 4.78 is 39.6. The predicted molar refractivity (Wildman–Crippen MR) is 90.2 cm³/mol. The maximum absolute atomic E-state index is 12.0. The van der Waals surface area contributed by atoms with Crippen molar-refractivity contribution in [2.24, 2.45) is 0 Å². The molecule has 0 saturated carbocycles. The number of anilines is 2. The van der Waals surface area contributed by atoms with Gasteiger partial charge in [-0.05, 0) is 49.6 Å². The second kappa shape index (κ2) is 5.54. The van der Waals surface area contributed by atoms with E-state index in [1.807, 2.05) is 44.2 Å². The summed E-state index contributed by atoms with van der Waals surface area (Å²) in [5.41, 5.74) is 3.20. The van der Waals surface area contributed by atoms with E-state index in [0.29, 0.717) is 22.9 Å². The van der Waals surface area contributed by atoms with Gasteiger partial charge in [0.05, 0.1) is 11.4 Å². The Kier molecular flexibility index (Phi) is 3.82. The van der Waals surface area contributed by atoms with Crippen molar-refractivity contribution in [3.8, 4) is 11.5 Å². The summed E-state index contributed by atoms with van der Waals surface area (Å²) in [5, 5.41) is -1.06. The molecule has 23 heavy (non-hydrogen) atoms. The first kappa shape index (κ1) is 15.8. The predicted octanol–water partition coefficient (Wildman–Crippen LogP) is 4.17. The Morgan fingerprint density at radius 2 is 1.91 bits per heavy atom. The monoisotopic (exact) mass is 333 g/mol. The minimum absolute atomic E-state index is 0.250. The van der Waals surface area contributed by atoms with Gasteiger partial charge in [-0.15, -0.1) is 0 Å². The number of hydrogen-bond donors (Lipinski definition) is 1. The molecule has 5 nitrogen and oxygen atoms in total. The molecule has 2 aromatic rings. The molecule has 1 aliphatic heterocycles. The summed E-state index contributed by atoms with van der Waals surface area (Å²) in [4.78, 5) is 1.67. The van der Waals surface area contributed by atoms with Crippen molar-refractivity contribution in [2.45, 2.75) is 32.6 Å². The zero-order valence-corrected chi connectivity index (χ0v) is 14.1. The lowest BCUT2D eigenvalue weighted by Gasteiger charge is -2.37. The number of aryl methyl sites for hydroxylation is 2. The van der Waals surface area contributed by atoms with E-state index >= 15 is 0 Å². The fourth-order valence-corrected chi connectivity index (χ4v) is 3.90. The molecule has 0 radical (unpaired) electrons. The van der Waals surface area contributed by atoms with Gasteiger partial charge in [0.25, 0.3) is 10.1 Å². The lowest BCUT2D eigenvalue weighted by Crippen LogP contribution is -2.39. The zero-order chi connectivity index (χ0) is 16.8. The summed E-state index contributed by atoms with van der Waals surface area (Å²) in [7, 11) is -4.26. The first-order valence-electron chi connectivity index (χ1n) is 7.46. The van der Waals surface area contributed by atoms with Crippen LogP contribution in [0.2, 0.25) is 0 Å². The highest BCUT2D eigenvalue weighted by Crippen LogP contribution is 2.50. The van der Waals surface area contributed by atoms with Crippen LogP contribution in [0, 0.1) is 13.8 Å². The van der Waals surface area contributed by atoms with Gasteiger partial charge < -0.3 is 9.64 Å². The summed E-state index contributed by atoms with van der Waals surface area (Å²) in [5.74, 6) is 1.17. The fourth-order valence-electron chi connectivity index (χ4n) is 2.99. The van der Waals surface area contributed by atoms with Gasteiger partial charge in [0.1, 0.15) is 0 Å². The van der Waals surface area contributed by atoms with Gasteiger partial charge in [-0.2, -0.15) is 8.42 Å². The van der Waals surface area contributed by atoms with E-state index in [0.717, 1.165) is 11.1 Å². The number of nitrogens with zero attached hydrogens (tertiary/aromatic N) is 1. The van der Waals surface area contributed by atoms with Crippen molar-refractivity contribution >= 4 is 21.5 Å². The number of rotatable bonds is 3. The minimum Gasteiger partial charge on any atom is -0.453 e. The molecule has 0 aromatic heterocycles. The van der Waals surface area contributed by atoms with E-state index in [1.165, 1.54) is 0 Å². The second-order valence-electron chi connectivity index (χ2n) is 5.74. The Labute approximate surface area is 136 Å². The van der Waals surface area contributed by atoms with Crippen LogP contribution in [0.25, 0.3) is 0 Å². The van der Waals surface area contributed by atoms with E-state index in [9.17, 15) is 13.0 Å². The number of fused-ring (bicyclic) bond motifs is 2. The standard InChI is InChI=1S/C17H19NO4S/c1-4-16(23(19,20)21)18-13-10-11(2)8-9-14(13)22-15-7-5-6-12(3)17(15)18/h5-10,16H,4H2,1-3H3,(H,19,20,21). The number of ether oxygens (including phenoxy) is 1. The molecule has 1 unspecified atom stereocenters. The third-order valence-corrected chi connectivity index (χ3v) is 5.25. The fraction of sp³-hybridized carbons (Fsp3) is 0.294. The van der Waals surface area contributed by atoms with Gasteiger partial charge in [-0.3, -0.25) is 4.55 Å². The molecule has 0 fully saturated rings. The summed E-state index contributed by atoms with van der Waals surface area (Å²) in [6.45, 7) is 5.56. The molecule has 0 saturated heterocycles. The number of hydrogen-bond acceptors (Lipinski definition) is 4. The average Bonchev–Trinajstić information content (AvgIpc) is 2.46. The Morgan fingerprint density at radius 1 is 1.17 bits per heavy atom. The third kappa shape index (κ3) is 2.68. The normalized spacial score (nSPS) is 14.7. The summed E-state index contributed by atoms with van der Waals surface area (Å²) in [6, 6.07) is 11.2. The first-order chi connectivity index (χ1) is 10.8. The van der Waals surface area contributed by atoms with E-state index in [1.54, 1.807) is 17.9 Å². The van der Waals surface area contributed by atoms with Gasteiger partial charge in [0, 0.05) is 0 Å². The van der Waals surface area contributed by atoms with E-state index in [-0.39, 0.29) is 6.42 Å². The Bertz CT molecular complexity index is 861. The van der Waals surface area contributed by atoms with E-state index < -0.39 is 15.5 Å². The van der Waals surface area contributed by atoms with Gasteiger partial charge >= 0.3 is 0 Å². The highest BCUT2D eigenvalue weighted by atomic mass is 32.2. The molecule has 3 rings (SSSR count). The molecule has 1 atom stereocenters. The number of para-hydroxylation sites is 1. The van der Waals surface area contributed by atoms with Gasteiger partial charge in [0.15, 0.2) is 16.9 Å². The topological polar surface area (TPSA) is 66.8 Å². The second-order valence-corrected chi connectivity index (χ2v) is 7.32. The molecule has 1 heterocycles. The molecule has 2 aromatic carbocycles. The third-order valence-electron chi connectivity index (χ3n) is 4.02. The van der Waals surface area contributed by atoms with Crippen molar-refractivity contribution in [3.05, 3.63) is 47.5 Å². The molecule has 1 aliphatic rings. The smallest absolute Gasteiger partial charge is 0.286 e. The molecule has 1 N–H and O–H groups in total. The van der Waals surface area contributed by atoms with Gasteiger partial charge in [-0.1, -0.05) is 25.1 Å². The molecule has 0 amide bonds. The van der Waals surface area contributed by atoms with E-state index in [4.69, 9.17) is 4.74 Å². The molecule has 0 bridgehead atoms. The largest absolute Gasteiger partial charge is 0.453 e. The van der Waals surface area contributed by atoms with Crippen LogP contribution in [0.1, 0.15) is 24.5 Å². The zero-order valence-electron chi connectivity index (χ0n) is 13.3. The summed E-state index contributed by atoms with van der Waals surface area (Å²) >= 11 is 0. The van der Waals surface area contributed by atoms with Crippen molar-refractivity contribution in [3.63, 3.8) is 0 Å². The highest BCUT2D eigenvalue weighted by molar-refractivity contribution is 7.86. The SMILES string of the molecule is CCC(N1c2cc(C)ccc2Oc2cccc(C)c21)S(=O)(=O)O. The quantitative estimate of drug-likeness (QED) is 0.854. The van der Waals surface area contributed by atoms with Crippen molar-refractivity contribution in [1.82, 2.24) is 0 Å². The minimum atomic E-state index is -4.26. The van der Waals surface area contributed by atoms with Crippen molar-refractivity contribution < 1.29 is 17.7 Å². The molecule has 0 aliphatic carbocycles. The van der Waals surface area contributed by atoms with Crippen LogP contribution in [0.4, 0.5) is 11.4 Å². The Balaban J connectivity index is 2.31. The van der Waals surface area contributed by atoms with Gasteiger partial charge in [0.2, 0.25) is 0 Å². The lowest BCUT2D eigenvalue weighted by molar-refractivity contribution is 0.451. The molecular formula is C17H19NO4S. The average molecular weight is 333 g/mol. The van der Waals surface area contributed by atoms with Crippen LogP contribution >= 0.6 is 0 Å². The molecule has 0 spiro atoms. The van der Waals surface area contributed by atoms with Crippen LogP contribution < -0.4 is 9.64 Å². The molecule has 122 valence electrons. The highest BCUT2D eigenvalue weighted by Gasteiger charge is 2.36. The van der Waals surface area contributed by atoms with Crippen LogP contribution in [-0.4, -0.2) is 18.3 Å². The lowest BCUT2D eigenvalue weighted by atomic mass is 10.1. The van der Waals surface area contributed by atoms with Crippen molar-refractivity contribution in [2.75, 3.05) is 4.90 Å². The van der Waals surface area contributed by atoms with Crippen LogP contribution in [0.15, 0.2) is 36.4 Å². The Hall–Kier alpha value is -2.05.